The van der Waals surface area contributed by atoms with Crippen molar-refractivity contribution in [3.63, 3.8) is 0 Å². The van der Waals surface area contributed by atoms with Gasteiger partial charge in [0.2, 0.25) is 11.9 Å². The average Bonchev–Trinajstić information content (AvgIpc) is 2.96. The Bertz CT molecular complexity index is 398. The molecule has 2 heterocycles. The van der Waals surface area contributed by atoms with E-state index in [1.807, 2.05) is 11.8 Å². The van der Waals surface area contributed by atoms with Crippen molar-refractivity contribution in [3.8, 4) is 6.01 Å². The van der Waals surface area contributed by atoms with Crippen LogP contribution in [0, 0.1) is 0 Å². The molecular formula is C12H21N5OS. The maximum atomic E-state index is 5.46. The van der Waals surface area contributed by atoms with Gasteiger partial charge in [-0.3, -0.25) is 0 Å². The van der Waals surface area contributed by atoms with E-state index in [1.165, 1.54) is 18.6 Å². The molecule has 6 nitrogen and oxygen atoms in total. The summed E-state index contributed by atoms with van der Waals surface area (Å²) in [5, 5.41) is 6.86. The number of thioether (sulfide) groups is 1. The van der Waals surface area contributed by atoms with Crippen molar-refractivity contribution < 1.29 is 4.74 Å². The number of rotatable bonds is 7. The summed E-state index contributed by atoms with van der Waals surface area (Å²) in [5.74, 6) is 2.37. The van der Waals surface area contributed by atoms with Gasteiger partial charge in [-0.2, -0.15) is 26.7 Å². The zero-order chi connectivity index (χ0) is 13.5. The number of hydrogen-bond donors (Lipinski definition) is 2. The molecule has 0 amide bonds. The molecule has 7 heteroatoms. The smallest absolute Gasteiger partial charge is 0.323 e. The Hall–Kier alpha value is -1.24. The van der Waals surface area contributed by atoms with Crippen LogP contribution in [0.4, 0.5) is 11.9 Å². The Morgan fingerprint density at radius 2 is 2.16 bits per heavy atom. The standard InChI is InChI=1S/C12H21N5OS/c1-3-6-18-12-16-10(13-2)15-11(17-12)14-8-9-5-4-7-19-9/h9H,3-8H2,1-2H3,(H2,13,14,15,16,17). The van der Waals surface area contributed by atoms with Crippen LogP contribution in [0.1, 0.15) is 26.2 Å². The number of nitrogens with zero attached hydrogens (tertiary/aromatic N) is 3. The molecule has 0 saturated carbocycles. The van der Waals surface area contributed by atoms with Crippen molar-refractivity contribution in [1.82, 2.24) is 15.0 Å². The quantitative estimate of drug-likeness (QED) is 0.793. The molecular weight excluding hydrogens is 262 g/mol. The fourth-order valence-electron chi connectivity index (χ4n) is 1.82. The van der Waals surface area contributed by atoms with Crippen molar-refractivity contribution in [3.05, 3.63) is 0 Å². The Balaban J connectivity index is 1.96. The maximum Gasteiger partial charge on any atom is 0.323 e. The maximum absolute atomic E-state index is 5.46. The minimum Gasteiger partial charge on any atom is -0.463 e. The summed E-state index contributed by atoms with van der Waals surface area (Å²) in [4.78, 5) is 12.7. The largest absolute Gasteiger partial charge is 0.463 e. The van der Waals surface area contributed by atoms with E-state index < -0.39 is 0 Å². The SMILES string of the molecule is CCCOc1nc(NC)nc(NCC2CCCS2)n1. The van der Waals surface area contributed by atoms with E-state index >= 15 is 0 Å². The van der Waals surface area contributed by atoms with Crippen LogP contribution in [0.2, 0.25) is 0 Å². The molecule has 0 radical (unpaired) electrons. The molecule has 1 aromatic heterocycles. The third-order valence-electron chi connectivity index (χ3n) is 2.79. The van der Waals surface area contributed by atoms with E-state index in [0.29, 0.717) is 29.8 Å². The summed E-state index contributed by atoms with van der Waals surface area (Å²) in [5.41, 5.74) is 0. The molecule has 0 aliphatic carbocycles. The van der Waals surface area contributed by atoms with Crippen molar-refractivity contribution >= 4 is 23.7 Å². The van der Waals surface area contributed by atoms with Crippen LogP contribution in [0.25, 0.3) is 0 Å². The van der Waals surface area contributed by atoms with Crippen LogP contribution >= 0.6 is 11.8 Å². The van der Waals surface area contributed by atoms with E-state index in [4.69, 9.17) is 4.74 Å². The number of anilines is 2. The van der Waals surface area contributed by atoms with Crippen molar-refractivity contribution in [1.29, 1.82) is 0 Å². The summed E-state index contributed by atoms with van der Waals surface area (Å²) in [6.45, 7) is 3.56. The van der Waals surface area contributed by atoms with Crippen LogP contribution in [-0.4, -0.2) is 46.2 Å². The first-order valence-electron chi connectivity index (χ1n) is 6.74. The van der Waals surface area contributed by atoms with E-state index in [1.54, 1.807) is 7.05 Å². The molecule has 106 valence electrons. The molecule has 2 N–H and O–H groups in total. The lowest BCUT2D eigenvalue weighted by Gasteiger charge is -2.11. The molecule has 2 rings (SSSR count). The number of hydrogen-bond acceptors (Lipinski definition) is 7. The Morgan fingerprint density at radius 3 is 2.84 bits per heavy atom. The van der Waals surface area contributed by atoms with E-state index in [9.17, 15) is 0 Å². The Morgan fingerprint density at radius 1 is 1.32 bits per heavy atom. The fraction of sp³-hybridized carbons (Fsp3) is 0.750. The first kappa shape index (κ1) is 14.2. The molecule has 19 heavy (non-hydrogen) atoms. The first-order valence-corrected chi connectivity index (χ1v) is 7.78. The lowest BCUT2D eigenvalue weighted by Crippen LogP contribution is -2.16. The van der Waals surface area contributed by atoms with Gasteiger partial charge in [0.15, 0.2) is 0 Å². The monoisotopic (exact) mass is 283 g/mol. The Kier molecular flexibility index (Phi) is 5.50. The van der Waals surface area contributed by atoms with Gasteiger partial charge in [-0.25, -0.2) is 0 Å². The van der Waals surface area contributed by atoms with Gasteiger partial charge < -0.3 is 15.4 Å². The van der Waals surface area contributed by atoms with Gasteiger partial charge in [-0.1, -0.05) is 6.92 Å². The van der Waals surface area contributed by atoms with Crippen LogP contribution < -0.4 is 15.4 Å². The zero-order valence-electron chi connectivity index (χ0n) is 11.5. The van der Waals surface area contributed by atoms with Gasteiger partial charge in [0, 0.05) is 18.8 Å². The van der Waals surface area contributed by atoms with Crippen molar-refractivity contribution in [2.45, 2.75) is 31.4 Å². The summed E-state index contributed by atoms with van der Waals surface area (Å²) < 4.78 is 5.46. The van der Waals surface area contributed by atoms with Crippen molar-refractivity contribution in [2.75, 3.05) is 36.6 Å². The van der Waals surface area contributed by atoms with E-state index in [-0.39, 0.29) is 0 Å². The second-order valence-electron chi connectivity index (χ2n) is 4.38. The number of nitrogens with one attached hydrogen (secondary N) is 2. The van der Waals surface area contributed by atoms with Gasteiger partial charge in [0.1, 0.15) is 0 Å². The lowest BCUT2D eigenvalue weighted by molar-refractivity contribution is 0.292. The predicted molar refractivity (Wildman–Crippen MR) is 79.1 cm³/mol. The molecule has 1 atom stereocenters. The van der Waals surface area contributed by atoms with Crippen LogP contribution in [-0.2, 0) is 0 Å². The second-order valence-corrected chi connectivity index (χ2v) is 5.79. The topological polar surface area (TPSA) is 72.0 Å². The highest BCUT2D eigenvalue weighted by Crippen LogP contribution is 2.26. The molecule has 0 spiro atoms. The molecule has 1 unspecified atom stereocenters. The van der Waals surface area contributed by atoms with E-state index in [0.717, 1.165) is 13.0 Å². The summed E-state index contributed by atoms with van der Waals surface area (Å²) >= 11 is 2.01. The highest BCUT2D eigenvalue weighted by molar-refractivity contribution is 8.00. The van der Waals surface area contributed by atoms with Crippen LogP contribution in [0.5, 0.6) is 6.01 Å². The Labute approximate surface area is 118 Å². The second kappa shape index (κ2) is 7.37. The molecule has 1 aliphatic heterocycles. The van der Waals surface area contributed by atoms with Gasteiger partial charge in [-0.05, 0) is 25.0 Å². The summed E-state index contributed by atoms with van der Waals surface area (Å²) in [6.07, 6.45) is 3.50. The third kappa shape index (κ3) is 4.41. The normalized spacial score (nSPS) is 18.3. The predicted octanol–water partition coefficient (Wildman–Crippen LogP) is 2.01. The molecule has 0 aromatic carbocycles. The third-order valence-corrected chi connectivity index (χ3v) is 4.18. The van der Waals surface area contributed by atoms with Crippen LogP contribution in [0.3, 0.4) is 0 Å². The van der Waals surface area contributed by atoms with Gasteiger partial charge in [-0.15, -0.1) is 0 Å². The minimum atomic E-state index is 0.378. The number of ether oxygens (including phenoxy) is 1. The first-order chi connectivity index (χ1) is 9.31. The van der Waals surface area contributed by atoms with Crippen LogP contribution in [0.15, 0.2) is 0 Å². The highest BCUT2D eigenvalue weighted by Gasteiger charge is 2.16. The zero-order valence-corrected chi connectivity index (χ0v) is 12.3. The highest BCUT2D eigenvalue weighted by atomic mass is 32.2. The summed E-state index contributed by atoms with van der Waals surface area (Å²) in [6, 6.07) is 0.378. The fourth-order valence-corrected chi connectivity index (χ4v) is 3.02. The molecule has 1 aliphatic rings. The number of aromatic nitrogens is 3. The lowest BCUT2D eigenvalue weighted by atomic mass is 10.2. The molecule has 1 saturated heterocycles. The van der Waals surface area contributed by atoms with Crippen molar-refractivity contribution in [2.24, 2.45) is 0 Å². The van der Waals surface area contributed by atoms with E-state index in [2.05, 4.69) is 32.5 Å². The molecule has 0 bridgehead atoms. The molecule has 1 fully saturated rings. The van der Waals surface area contributed by atoms with Gasteiger partial charge in [0.05, 0.1) is 6.61 Å². The summed E-state index contributed by atoms with van der Waals surface area (Å²) in [7, 11) is 1.79. The van der Waals surface area contributed by atoms with Gasteiger partial charge in [0.25, 0.3) is 0 Å². The minimum absolute atomic E-state index is 0.378. The average molecular weight is 283 g/mol. The van der Waals surface area contributed by atoms with Gasteiger partial charge >= 0.3 is 6.01 Å². The molecule has 1 aromatic rings.